The molecule has 3 rings (SSSR count). The molecule has 18 heavy (non-hydrogen) atoms. The van der Waals surface area contributed by atoms with E-state index in [1.807, 2.05) is 6.20 Å². The minimum absolute atomic E-state index is 0.319. The van der Waals surface area contributed by atoms with E-state index in [0.717, 1.165) is 31.1 Å². The van der Waals surface area contributed by atoms with Crippen LogP contribution in [0.4, 0.5) is 0 Å². The Balaban J connectivity index is 1.64. The maximum atomic E-state index is 9.14. The molecule has 5 heteroatoms. The van der Waals surface area contributed by atoms with Crippen molar-refractivity contribution in [1.82, 2.24) is 9.88 Å². The zero-order chi connectivity index (χ0) is 12.4. The number of hydrogen-bond acceptors (Lipinski definition) is 5. The molecule has 0 spiro atoms. The van der Waals surface area contributed by atoms with Crippen molar-refractivity contribution < 1.29 is 5.11 Å². The summed E-state index contributed by atoms with van der Waals surface area (Å²) in [5, 5.41) is 12.4. The van der Waals surface area contributed by atoms with Gasteiger partial charge in [-0.05, 0) is 30.3 Å². The van der Waals surface area contributed by atoms with Gasteiger partial charge in [-0.3, -0.25) is 4.90 Å². The minimum Gasteiger partial charge on any atom is -0.396 e. The Bertz CT molecular complexity index is 495. The number of likely N-dealkylation sites (tertiary alicyclic amines) is 1. The van der Waals surface area contributed by atoms with Crippen LogP contribution in [-0.2, 0) is 6.54 Å². The van der Waals surface area contributed by atoms with Crippen LogP contribution in [0.25, 0.3) is 9.88 Å². The van der Waals surface area contributed by atoms with E-state index in [1.54, 1.807) is 22.7 Å². The van der Waals surface area contributed by atoms with Crippen molar-refractivity contribution in [3.8, 4) is 9.88 Å². The molecule has 3 heterocycles. The van der Waals surface area contributed by atoms with E-state index in [-0.39, 0.29) is 0 Å². The van der Waals surface area contributed by atoms with Crippen molar-refractivity contribution in [2.24, 2.45) is 5.92 Å². The van der Waals surface area contributed by atoms with Gasteiger partial charge in [-0.2, -0.15) is 0 Å². The van der Waals surface area contributed by atoms with E-state index in [0.29, 0.717) is 12.5 Å². The zero-order valence-electron chi connectivity index (χ0n) is 10.1. The Morgan fingerprint density at radius 1 is 1.50 bits per heavy atom. The predicted octanol–water partition coefficient (Wildman–Crippen LogP) is 2.69. The summed E-state index contributed by atoms with van der Waals surface area (Å²) in [4.78, 5) is 9.47. The third-order valence-corrected chi connectivity index (χ3v) is 5.31. The molecule has 1 unspecified atom stereocenters. The second-order valence-corrected chi connectivity index (χ2v) is 6.74. The lowest BCUT2D eigenvalue weighted by Gasteiger charge is -2.13. The molecule has 1 aliphatic rings. The van der Waals surface area contributed by atoms with Crippen molar-refractivity contribution in [3.63, 3.8) is 0 Å². The van der Waals surface area contributed by atoms with Crippen LogP contribution < -0.4 is 0 Å². The highest BCUT2D eigenvalue weighted by Gasteiger charge is 2.22. The third kappa shape index (κ3) is 2.64. The van der Waals surface area contributed by atoms with E-state index in [2.05, 4.69) is 27.4 Å². The summed E-state index contributed by atoms with van der Waals surface area (Å²) >= 11 is 3.52. The summed E-state index contributed by atoms with van der Waals surface area (Å²) in [5.74, 6) is 0.467. The summed E-state index contributed by atoms with van der Waals surface area (Å²) < 4.78 is 0. The summed E-state index contributed by atoms with van der Waals surface area (Å²) in [6.07, 6.45) is 3.11. The number of thiazole rings is 1. The Morgan fingerprint density at radius 3 is 3.17 bits per heavy atom. The average Bonchev–Trinajstić information content (AvgIpc) is 3.10. The van der Waals surface area contributed by atoms with Gasteiger partial charge in [0, 0.05) is 30.8 Å². The topological polar surface area (TPSA) is 36.4 Å². The van der Waals surface area contributed by atoms with Crippen LogP contribution in [0.15, 0.2) is 23.7 Å². The number of rotatable bonds is 4. The fourth-order valence-electron chi connectivity index (χ4n) is 2.32. The summed E-state index contributed by atoms with van der Waals surface area (Å²) in [7, 11) is 0. The smallest absolute Gasteiger partial charge is 0.133 e. The molecule has 2 aromatic rings. The molecule has 0 radical (unpaired) electrons. The van der Waals surface area contributed by atoms with Gasteiger partial charge in [-0.15, -0.1) is 22.7 Å². The molecule has 0 aliphatic carbocycles. The van der Waals surface area contributed by atoms with Gasteiger partial charge in [-0.1, -0.05) is 6.07 Å². The molecule has 1 fully saturated rings. The van der Waals surface area contributed by atoms with Gasteiger partial charge in [0.25, 0.3) is 0 Å². The second kappa shape index (κ2) is 5.48. The molecular weight excluding hydrogens is 264 g/mol. The minimum atomic E-state index is 0.319. The average molecular weight is 280 g/mol. The van der Waals surface area contributed by atoms with Crippen LogP contribution in [0.1, 0.15) is 11.3 Å². The largest absolute Gasteiger partial charge is 0.396 e. The number of thiophene rings is 1. The lowest BCUT2D eigenvalue weighted by Crippen LogP contribution is -2.20. The first-order valence-electron chi connectivity index (χ1n) is 6.17. The number of aromatic nitrogens is 1. The maximum absolute atomic E-state index is 9.14. The first-order chi connectivity index (χ1) is 8.85. The van der Waals surface area contributed by atoms with E-state index in [1.165, 1.54) is 9.75 Å². The van der Waals surface area contributed by atoms with E-state index in [4.69, 9.17) is 5.11 Å². The van der Waals surface area contributed by atoms with Gasteiger partial charge >= 0.3 is 0 Å². The van der Waals surface area contributed by atoms with Crippen molar-refractivity contribution in [2.75, 3.05) is 19.7 Å². The Labute approximate surface area is 115 Å². The van der Waals surface area contributed by atoms with E-state index >= 15 is 0 Å². The first kappa shape index (κ1) is 12.3. The van der Waals surface area contributed by atoms with Crippen molar-refractivity contribution in [3.05, 3.63) is 28.6 Å². The van der Waals surface area contributed by atoms with Crippen LogP contribution >= 0.6 is 22.7 Å². The normalized spacial score (nSPS) is 20.6. The lowest BCUT2D eigenvalue weighted by molar-refractivity contribution is 0.220. The monoisotopic (exact) mass is 280 g/mol. The highest BCUT2D eigenvalue weighted by molar-refractivity contribution is 7.20. The van der Waals surface area contributed by atoms with Gasteiger partial charge in [-0.25, -0.2) is 4.98 Å². The second-order valence-electron chi connectivity index (χ2n) is 4.68. The number of nitrogens with zero attached hydrogens (tertiary/aromatic N) is 2. The molecule has 1 N–H and O–H groups in total. The first-order valence-corrected chi connectivity index (χ1v) is 7.86. The molecule has 0 bridgehead atoms. The number of hydrogen-bond donors (Lipinski definition) is 1. The highest BCUT2D eigenvalue weighted by atomic mass is 32.1. The maximum Gasteiger partial charge on any atom is 0.133 e. The van der Waals surface area contributed by atoms with Gasteiger partial charge in [0.15, 0.2) is 0 Å². The summed E-state index contributed by atoms with van der Waals surface area (Å²) in [6.45, 7) is 3.40. The van der Waals surface area contributed by atoms with Crippen molar-refractivity contribution in [2.45, 2.75) is 13.0 Å². The standard InChI is InChI=1S/C13H16N2OS2/c16-9-10-3-4-15(7-10)8-11-6-14-13(18-11)12-2-1-5-17-12/h1-2,5-6,10,16H,3-4,7-9H2. The molecule has 0 aromatic carbocycles. The van der Waals surface area contributed by atoms with Gasteiger partial charge in [0.05, 0.1) is 4.88 Å². The number of aliphatic hydroxyl groups is 1. The molecule has 1 aliphatic heterocycles. The molecule has 2 aromatic heterocycles. The fraction of sp³-hybridized carbons (Fsp3) is 0.462. The van der Waals surface area contributed by atoms with E-state index < -0.39 is 0 Å². The highest BCUT2D eigenvalue weighted by Crippen LogP contribution is 2.30. The molecule has 96 valence electrons. The summed E-state index contributed by atoms with van der Waals surface area (Å²) in [6, 6.07) is 4.18. The molecule has 3 nitrogen and oxygen atoms in total. The molecule has 0 saturated carbocycles. The van der Waals surface area contributed by atoms with E-state index in [9.17, 15) is 0 Å². The van der Waals surface area contributed by atoms with Gasteiger partial charge in [0.2, 0.25) is 0 Å². The lowest BCUT2D eigenvalue weighted by atomic mass is 10.1. The van der Waals surface area contributed by atoms with Crippen LogP contribution in [0.3, 0.4) is 0 Å². The molecule has 0 amide bonds. The quantitative estimate of drug-likeness (QED) is 0.935. The van der Waals surface area contributed by atoms with Crippen molar-refractivity contribution in [1.29, 1.82) is 0 Å². The van der Waals surface area contributed by atoms with Crippen molar-refractivity contribution >= 4 is 22.7 Å². The Kier molecular flexibility index (Phi) is 3.75. The van der Waals surface area contributed by atoms with Gasteiger partial charge < -0.3 is 5.11 Å². The van der Waals surface area contributed by atoms with Gasteiger partial charge in [0.1, 0.15) is 5.01 Å². The predicted molar refractivity (Wildman–Crippen MR) is 75.9 cm³/mol. The Hall–Kier alpha value is -0.750. The van der Waals surface area contributed by atoms with Crippen LogP contribution in [0, 0.1) is 5.92 Å². The zero-order valence-corrected chi connectivity index (χ0v) is 11.7. The van der Waals surface area contributed by atoms with Crippen LogP contribution in [0.2, 0.25) is 0 Å². The third-order valence-electron chi connectivity index (χ3n) is 3.29. The fourth-order valence-corrected chi connectivity index (χ4v) is 4.08. The molecule has 1 saturated heterocycles. The Morgan fingerprint density at radius 2 is 2.44 bits per heavy atom. The molecular formula is C13H16N2OS2. The molecule has 1 atom stereocenters. The van der Waals surface area contributed by atoms with Crippen LogP contribution in [0.5, 0.6) is 0 Å². The number of aliphatic hydroxyl groups excluding tert-OH is 1. The van der Waals surface area contributed by atoms with Crippen LogP contribution in [-0.4, -0.2) is 34.7 Å². The summed E-state index contributed by atoms with van der Waals surface area (Å²) in [5.41, 5.74) is 0. The SMILES string of the molecule is OCC1CCN(Cc2cnc(-c3cccs3)s2)C1.